The van der Waals surface area contributed by atoms with E-state index in [-0.39, 0.29) is 11.9 Å². The number of aromatic nitrogens is 4. The fourth-order valence-electron chi connectivity index (χ4n) is 3.37. The van der Waals surface area contributed by atoms with Crippen LogP contribution in [0, 0.1) is 0 Å². The molecular formula is C25H21FN6O. The van der Waals surface area contributed by atoms with E-state index in [1.54, 1.807) is 24.5 Å². The predicted octanol–water partition coefficient (Wildman–Crippen LogP) is 4.52. The molecule has 5 rings (SSSR count). The number of nitrogens with zero attached hydrogens (tertiary/aromatic N) is 3. The summed E-state index contributed by atoms with van der Waals surface area (Å²) in [6.07, 6.45) is 7.91. The number of anilines is 2. The number of benzene rings is 2. The van der Waals surface area contributed by atoms with E-state index < -0.39 is 6.17 Å². The quantitative estimate of drug-likeness (QED) is 0.367. The molecular weight excluding hydrogens is 419 g/mol. The molecule has 1 saturated carbocycles. The van der Waals surface area contributed by atoms with Crippen molar-refractivity contribution < 1.29 is 9.18 Å². The molecule has 1 fully saturated rings. The topological polar surface area (TPSA) is 95.6 Å². The Balaban J connectivity index is 1.28. The van der Waals surface area contributed by atoms with Crippen LogP contribution in [0.4, 0.5) is 15.9 Å². The van der Waals surface area contributed by atoms with Crippen LogP contribution in [-0.4, -0.2) is 38.3 Å². The minimum atomic E-state index is -0.918. The van der Waals surface area contributed by atoms with Crippen LogP contribution in [0.5, 0.6) is 0 Å². The average Bonchev–Trinajstić information content (AvgIpc) is 3.28. The van der Waals surface area contributed by atoms with Crippen molar-refractivity contribution in [2.75, 3.05) is 5.32 Å². The van der Waals surface area contributed by atoms with Crippen molar-refractivity contribution in [2.45, 2.75) is 18.6 Å². The molecule has 2 aromatic carbocycles. The molecule has 2 heterocycles. The van der Waals surface area contributed by atoms with Gasteiger partial charge in [-0.1, -0.05) is 30.3 Å². The van der Waals surface area contributed by atoms with Gasteiger partial charge >= 0.3 is 0 Å². The van der Waals surface area contributed by atoms with Crippen LogP contribution < -0.4 is 10.6 Å². The van der Waals surface area contributed by atoms with Crippen molar-refractivity contribution in [3.63, 3.8) is 0 Å². The molecule has 2 atom stereocenters. The zero-order valence-electron chi connectivity index (χ0n) is 17.6. The predicted molar refractivity (Wildman–Crippen MR) is 125 cm³/mol. The smallest absolute Gasteiger partial charge is 0.244 e. The van der Waals surface area contributed by atoms with Crippen molar-refractivity contribution in [1.82, 2.24) is 25.5 Å². The molecule has 1 aliphatic carbocycles. The van der Waals surface area contributed by atoms with E-state index in [0.29, 0.717) is 18.1 Å². The largest absolute Gasteiger partial charge is 0.347 e. The average molecular weight is 440 g/mol. The van der Waals surface area contributed by atoms with Crippen LogP contribution >= 0.6 is 0 Å². The number of nitrogens with one attached hydrogen (secondary N) is 3. The van der Waals surface area contributed by atoms with E-state index in [0.717, 1.165) is 27.9 Å². The highest BCUT2D eigenvalue weighted by molar-refractivity contribution is 5.92. The highest BCUT2D eigenvalue weighted by Crippen LogP contribution is 2.25. The molecule has 8 heteroatoms. The summed E-state index contributed by atoms with van der Waals surface area (Å²) in [6.45, 7) is 0. The summed E-state index contributed by atoms with van der Waals surface area (Å²) in [5.74, 6) is 0.932. The minimum Gasteiger partial charge on any atom is -0.347 e. The maximum absolute atomic E-state index is 12.9. The van der Waals surface area contributed by atoms with Crippen LogP contribution in [-0.2, 0) is 4.79 Å². The molecule has 2 unspecified atom stereocenters. The first-order valence-electron chi connectivity index (χ1n) is 10.6. The highest BCUT2D eigenvalue weighted by atomic mass is 19.1. The number of hydrogen-bond donors (Lipinski definition) is 3. The number of carbonyl (C=O) groups excluding carboxylic acids is 1. The first kappa shape index (κ1) is 20.6. The summed E-state index contributed by atoms with van der Waals surface area (Å²) in [6, 6.07) is 17.0. The molecule has 0 aliphatic heterocycles. The maximum atomic E-state index is 12.9. The SMILES string of the molecule is O=C(/C=C/c1cccc(-c2nccc(Nc3ccc(-c4cn[nH]c4)cc3)n2)c1)NC1CC1F. The van der Waals surface area contributed by atoms with Gasteiger partial charge in [0.25, 0.3) is 0 Å². The molecule has 0 spiro atoms. The normalized spacial score (nSPS) is 17.1. The van der Waals surface area contributed by atoms with Crippen LogP contribution in [0.2, 0.25) is 0 Å². The van der Waals surface area contributed by atoms with Gasteiger partial charge in [0, 0.05) is 41.7 Å². The Hall–Kier alpha value is -4.33. The lowest BCUT2D eigenvalue weighted by atomic mass is 10.1. The number of amides is 1. The minimum absolute atomic E-state index is 0.299. The van der Waals surface area contributed by atoms with E-state index in [1.807, 2.05) is 54.7 Å². The molecule has 164 valence electrons. The number of hydrogen-bond acceptors (Lipinski definition) is 5. The van der Waals surface area contributed by atoms with Gasteiger partial charge in [-0.3, -0.25) is 9.89 Å². The zero-order valence-corrected chi connectivity index (χ0v) is 17.6. The zero-order chi connectivity index (χ0) is 22.6. The number of carbonyl (C=O) groups is 1. The fourth-order valence-corrected chi connectivity index (χ4v) is 3.37. The van der Waals surface area contributed by atoms with Crippen molar-refractivity contribution in [3.8, 4) is 22.5 Å². The number of aromatic amines is 1. The summed E-state index contributed by atoms with van der Waals surface area (Å²) in [7, 11) is 0. The van der Waals surface area contributed by atoms with Crippen molar-refractivity contribution >= 4 is 23.5 Å². The summed E-state index contributed by atoms with van der Waals surface area (Å²) >= 11 is 0. The first-order valence-corrected chi connectivity index (χ1v) is 10.6. The van der Waals surface area contributed by atoms with E-state index in [2.05, 4.69) is 30.8 Å². The number of halogens is 1. The Morgan fingerprint density at radius 2 is 1.94 bits per heavy atom. The van der Waals surface area contributed by atoms with Gasteiger partial charge in [0.15, 0.2) is 5.82 Å². The standard InChI is InChI=1S/C25H21FN6O/c26-21-13-22(21)31-24(33)9-4-16-2-1-3-18(12-16)25-27-11-10-23(32-25)30-20-7-5-17(6-8-20)19-14-28-29-15-19/h1-12,14-15,21-22H,13H2,(H,28,29)(H,31,33)(H,27,30,32)/b9-4+. The molecule has 0 radical (unpaired) electrons. The van der Waals surface area contributed by atoms with E-state index in [9.17, 15) is 9.18 Å². The third-order valence-corrected chi connectivity index (χ3v) is 5.26. The van der Waals surface area contributed by atoms with E-state index in [1.165, 1.54) is 6.08 Å². The molecule has 3 N–H and O–H groups in total. The molecule has 7 nitrogen and oxygen atoms in total. The van der Waals surface area contributed by atoms with Crippen LogP contribution in [0.15, 0.2) is 79.3 Å². The molecule has 1 amide bonds. The van der Waals surface area contributed by atoms with Crippen LogP contribution in [0.1, 0.15) is 12.0 Å². The van der Waals surface area contributed by atoms with Crippen molar-refractivity contribution in [2.24, 2.45) is 0 Å². The molecule has 1 aliphatic rings. The third-order valence-electron chi connectivity index (χ3n) is 5.26. The summed E-state index contributed by atoms with van der Waals surface area (Å²) < 4.78 is 12.9. The number of alkyl halides is 1. The van der Waals surface area contributed by atoms with Crippen LogP contribution in [0.3, 0.4) is 0 Å². The first-order chi connectivity index (χ1) is 16.1. The Bertz CT molecular complexity index is 1290. The second-order valence-electron chi connectivity index (χ2n) is 7.78. The molecule has 2 aromatic heterocycles. The van der Waals surface area contributed by atoms with Gasteiger partial charge in [-0.25, -0.2) is 14.4 Å². The number of rotatable bonds is 7. The number of H-pyrrole nitrogens is 1. The van der Waals surface area contributed by atoms with Gasteiger partial charge in [-0.05, 0) is 41.5 Å². The van der Waals surface area contributed by atoms with Crippen molar-refractivity contribution in [1.29, 1.82) is 0 Å². The van der Waals surface area contributed by atoms with E-state index >= 15 is 0 Å². The Labute approximate surface area is 189 Å². The summed E-state index contributed by atoms with van der Waals surface area (Å²) in [4.78, 5) is 20.9. The third kappa shape index (κ3) is 5.12. The van der Waals surface area contributed by atoms with Gasteiger partial charge in [-0.15, -0.1) is 0 Å². The lowest BCUT2D eigenvalue weighted by Crippen LogP contribution is -2.24. The Morgan fingerprint density at radius 3 is 2.70 bits per heavy atom. The van der Waals surface area contributed by atoms with Gasteiger partial charge in [0.1, 0.15) is 12.0 Å². The Morgan fingerprint density at radius 1 is 1.09 bits per heavy atom. The van der Waals surface area contributed by atoms with Gasteiger partial charge in [0.05, 0.1) is 12.2 Å². The second-order valence-corrected chi connectivity index (χ2v) is 7.78. The fraction of sp³-hybridized carbons (Fsp3) is 0.120. The summed E-state index contributed by atoms with van der Waals surface area (Å²) in [5, 5.41) is 12.7. The van der Waals surface area contributed by atoms with Crippen molar-refractivity contribution in [3.05, 3.63) is 84.8 Å². The molecule has 33 heavy (non-hydrogen) atoms. The lowest BCUT2D eigenvalue weighted by molar-refractivity contribution is -0.116. The lowest BCUT2D eigenvalue weighted by Gasteiger charge is -2.08. The Kier molecular flexibility index (Phi) is 5.63. The van der Waals surface area contributed by atoms with E-state index in [4.69, 9.17) is 0 Å². The molecule has 4 aromatic rings. The van der Waals surface area contributed by atoms with Gasteiger partial charge in [0.2, 0.25) is 5.91 Å². The summed E-state index contributed by atoms with van der Waals surface area (Å²) in [5.41, 5.74) is 4.64. The molecule has 0 saturated heterocycles. The van der Waals surface area contributed by atoms with Crippen LogP contribution in [0.25, 0.3) is 28.6 Å². The molecule has 0 bridgehead atoms. The van der Waals surface area contributed by atoms with Gasteiger partial charge < -0.3 is 10.6 Å². The highest BCUT2D eigenvalue weighted by Gasteiger charge is 2.38. The maximum Gasteiger partial charge on any atom is 0.244 e. The monoisotopic (exact) mass is 440 g/mol. The second kappa shape index (κ2) is 9.04. The van der Waals surface area contributed by atoms with Gasteiger partial charge in [-0.2, -0.15) is 5.10 Å².